The van der Waals surface area contributed by atoms with Gasteiger partial charge < -0.3 is 15.5 Å². The molecule has 2 aromatic carbocycles. The third kappa shape index (κ3) is 4.07. The molecule has 3 aliphatic heterocycles. The van der Waals surface area contributed by atoms with Crippen molar-refractivity contribution in [3.05, 3.63) is 65.2 Å². The summed E-state index contributed by atoms with van der Waals surface area (Å²) in [5.41, 5.74) is 11.5. The zero-order valence-electron chi connectivity index (χ0n) is 20.5. The fraction of sp³-hybridized carbons (Fsp3) is 0.517. The maximum absolute atomic E-state index is 13.6. The first kappa shape index (κ1) is 22.7. The molecule has 0 saturated carbocycles. The Bertz CT molecular complexity index is 1120. The van der Waals surface area contributed by atoms with Crippen LogP contribution in [0.15, 0.2) is 48.5 Å². The molecule has 1 unspecified atom stereocenters. The summed E-state index contributed by atoms with van der Waals surface area (Å²) in [6, 6.07) is 16.5. The largest absolute Gasteiger partial charge is 0.339 e. The molecule has 184 valence electrons. The summed E-state index contributed by atoms with van der Waals surface area (Å²) in [6.07, 6.45) is 6.66. The van der Waals surface area contributed by atoms with E-state index in [0.29, 0.717) is 31.3 Å². The van der Waals surface area contributed by atoms with Crippen molar-refractivity contribution in [2.75, 3.05) is 37.6 Å². The predicted octanol–water partition coefficient (Wildman–Crippen LogP) is 2.87. The topological polar surface area (TPSA) is 69.9 Å². The number of fused-ring (bicyclic) bond motifs is 3. The zero-order valence-corrected chi connectivity index (χ0v) is 20.5. The molecule has 2 fully saturated rings. The molecule has 35 heavy (non-hydrogen) atoms. The van der Waals surface area contributed by atoms with Crippen molar-refractivity contribution in [3.8, 4) is 0 Å². The predicted molar refractivity (Wildman–Crippen MR) is 137 cm³/mol. The molecule has 4 aliphatic rings. The van der Waals surface area contributed by atoms with Crippen LogP contribution in [0, 0.1) is 0 Å². The first-order chi connectivity index (χ1) is 17.0. The zero-order chi connectivity index (χ0) is 24.0. The minimum atomic E-state index is -0.440. The molecule has 0 radical (unpaired) electrons. The van der Waals surface area contributed by atoms with E-state index in [1.807, 2.05) is 29.2 Å². The second kappa shape index (κ2) is 9.07. The van der Waals surface area contributed by atoms with E-state index in [2.05, 4.69) is 29.2 Å². The highest BCUT2D eigenvalue weighted by molar-refractivity contribution is 6.03. The third-order valence-electron chi connectivity index (χ3n) is 8.98. The van der Waals surface area contributed by atoms with Gasteiger partial charge in [-0.3, -0.25) is 14.5 Å². The van der Waals surface area contributed by atoms with Crippen molar-refractivity contribution in [2.24, 2.45) is 5.73 Å². The molecule has 2 aromatic rings. The molecule has 1 spiro atoms. The van der Waals surface area contributed by atoms with Crippen molar-refractivity contribution in [2.45, 2.75) is 62.4 Å². The van der Waals surface area contributed by atoms with Gasteiger partial charge >= 0.3 is 0 Å². The Morgan fingerprint density at radius 3 is 2.46 bits per heavy atom. The van der Waals surface area contributed by atoms with Crippen LogP contribution >= 0.6 is 0 Å². The van der Waals surface area contributed by atoms with Gasteiger partial charge in [0.25, 0.3) is 0 Å². The SMILES string of the molecule is NC1CCN(C(=O)[C@@H]2Cc3ccccc3N2C(=O)CCN2CCC3(CCc4ccccc43)CC2)C1. The van der Waals surface area contributed by atoms with Gasteiger partial charge in [-0.1, -0.05) is 42.5 Å². The molecule has 3 heterocycles. The summed E-state index contributed by atoms with van der Waals surface area (Å²) < 4.78 is 0. The van der Waals surface area contributed by atoms with E-state index in [-0.39, 0.29) is 17.9 Å². The number of nitrogens with zero attached hydrogens (tertiary/aromatic N) is 3. The van der Waals surface area contributed by atoms with E-state index in [0.717, 1.165) is 37.3 Å². The van der Waals surface area contributed by atoms with Crippen LogP contribution in [0.1, 0.15) is 48.8 Å². The molecule has 0 aromatic heterocycles. The fourth-order valence-corrected chi connectivity index (χ4v) is 6.95. The lowest BCUT2D eigenvalue weighted by atomic mass is 9.74. The average molecular weight is 473 g/mol. The number of para-hydroxylation sites is 1. The van der Waals surface area contributed by atoms with Crippen LogP contribution in [0.5, 0.6) is 0 Å². The van der Waals surface area contributed by atoms with Gasteiger partial charge in [-0.05, 0) is 73.4 Å². The van der Waals surface area contributed by atoms with Crippen LogP contribution in [-0.4, -0.2) is 66.4 Å². The molecule has 2 amide bonds. The number of carbonyl (C=O) groups excluding carboxylic acids is 2. The van der Waals surface area contributed by atoms with E-state index in [1.165, 1.54) is 31.2 Å². The van der Waals surface area contributed by atoms with Gasteiger partial charge in [0.1, 0.15) is 6.04 Å². The van der Waals surface area contributed by atoms with Crippen molar-refractivity contribution < 1.29 is 9.59 Å². The smallest absolute Gasteiger partial charge is 0.246 e. The van der Waals surface area contributed by atoms with Gasteiger partial charge in [0.05, 0.1) is 0 Å². The Labute approximate surface area is 208 Å². The minimum absolute atomic E-state index is 0.0427. The Kier molecular flexibility index (Phi) is 5.89. The van der Waals surface area contributed by atoms with Gasteiger partial charge in [0.15, 0.2) is 0 Å². The third-order valence-corrected chi connectivity index (χ3v) is 8.98. The number of amides is 2. The number of benzene rings is 2. The molecule has 2 N–H and O–H groups in total. The summed E-state index contributed by atoms with van der Waals surface area (Å²) in [4.78, 5) is 33.0. The van der Waals surface area contributed by atoms with Crippen LogP contribution < -0.4 is 10.6 Å². The minimum Gasteiger partial charge on any atom is -0.339 e. The monoisotopic (exact) mass is 472 g/mol. The number of piperidine rings is 1. The van der Waals surface area contributed by atoms with E-state index in [1.54, 1.807) is 10.5 Å². The molecule has 6 heteroatoms. The Morgan fingerprint density at radius 2 is 1.69 bits per heavy atom. The number of hydrogen-bond donors (Lipinski definition) is 1. The highest BCUT2D eigenvalue weighted by Crippen LogP contribution is 2.46. The fourth-order valence-electron chi connectivity index (χ4n) is 6.95. The Balaban J connectivity index is 1.11. The van der Waals surface area contributed by atoms with Crippen molar-refractivity contribution >= 4 is 17.5 Å². The van der Waals surface area contributed by atoms with Gasteiger partial charge in [0.2, 0.25) is 11.8 Å². The average Bonchev–Trinajstić information content (AvgIpc) is 3.59. The van der Waals surface area contributed by atoms with Crippen molar-refractivity contribution in [1.29, 1.82) is 0 Å². The number of anilines is 1. The molecule has 6 nitrogen and oxygen atoms in total. The molecular weight excluding hydrogens is 436 g/mol. The van der Waals surface area contributed by atoms with E-state index in [4.69, 9.17) is 5.73 Å². The van der Waals surface area contributed by atoms with E-state index in [9.17, 15) is 9.59 Å². The number of carbonyl (C=O) groups is 2. The van der Waals surface area contributed by atoms with Crippen LogP contribution in [0.25, 0.3) is 0 Å². The summed E-state index contributed by atoms with van der Waals surface area (Å²) >= 11 is 0. The lowest BCUT2D eigenvalue weighted by Gasteiger charge is -2.40. The van der Waals surface area contributed by atoms with Gasteiger partial charge in [-0.25, -0.2) is 0 Å². The quantitative estimate of drug-likeness (QED) is 0.743. The maximum Gasteiger partial charge on any atom is 0.246 e. The second-order valence-corrected chi connectivity index (χ2v) is 11.0. The lowest BCUT2D eigenvalue weighted by molar-refractivity contribution is -0.133. The molecular formula is C29H36N4O2. The molecule has 2 atom stereocenters. The highest BCUT2D eigenvalue weighted by atomic mass is 16.2. The Hall–Kier alpha value is -2.70. The van der Waals surface area contributed by atoms with Gasteiger partial charge in [-0.2, -0.15) is 0 Å². The van der Waals surface area contributed by atoms with E-state index < -0.39 is 6.04 Å². The van der Waals surface area contributed by atoms with Crippen LogP contribution in [0.3, 0.4) is 0 Å². The lowest BCUT2D eigenvalue weighted by Crippen LogP contribution is -2.50. The molecule has 1 aliphatic carbocycles. The maximum atomic E-state index is 13.6. The number of aryl methyl sites for hydroxylation is 1. The van der Waals surface area contributed by atoms with E-state index >= 15 is 0 Å². The first-order valence-electron chi connectivity index (χ1n) is 13.3. The number of rotatable bonds is 4. The number of nitrogens with two attached hydrogens (primary N) is 1. The standard InChI is InChI=1S/C29H36N4O2/c30-23-10-16-32(20-23)28(35)26-19-22-6-2-4-8-25(22)33(26)27(34)11-15-31-17-13-29(14-18-31)12-9-21-5-1-3-7-24(21)29/h1-8,23,26H,9-20,30H2/t23?,26-/m0/s1. The van der Waals surface area contributed by atoms with Gasteiger partial charge in [0, 0.05) is 44.2 Å². The number of hydrogen-bond acceptors (Lipinski definition) is 4. The number of likely N-dealkylation sites (tertiary alicyclic amines) is 2. The summed E-state index contributed by atoms with van der Waals surface area (Å²) in [7, 11) is 0. The van der Waals surface area contributed by atoms with Crippen LogP contribution in [0.4, 0.5) is 5.69 Å². The normalized spacial score (nSPS) is 25.2. The first-order valence-corrected chi connectivity index (χ1v) is 13.3. The molecule has 6 rings (SSSR count). The van der Waals surface area contributed by atoms with Crippen molar-refractivity contribution in [3.63, 3.8) is 0 Å². The van der Waals surface area contributed by atoms with Crippen LogP contribution in [0.2, 0.25) is 0 Å². The summed E-state index contributed by atoms with van der Waals surface area (Å²) in [5.74, 6) is 0.102. The summed E-state index contributed by atoms with van der Waals surface area (Å²) in [5, 5.41) is 0. The Morgan fingerprint density at radius 1 is 0.943 bits per heavy atom. The summed E-state index contributed by atoms with van der Waals surface area (Å²) in [6.45, 7) is 4.10. The second-order valence-electron chi connectivity index (χ2n) is 11.0. The highest BCUT2D eigenvalue weighted by Gasteiger charge is 2.43. The van der Waals surface area contributed by atoms with Gasteiger partial charge in [-0.15, -0.1) is 0 Å². The molecule has 0 bridgehead atoms. The van der Waals surface area contributed by atoms with Crippen LogP contribution in [-0.2, 0) is 27.8 Å². The molecule has 2 saturated heterocycles. The van der Waals surface area contributed by atoms with Crippen molar-refractivity contribution in [1.82, 2.24) is 9.80 Å².